The van der Waals surface area contributed by atoms with Crippen molar-refractivity contribution in [3.05, 3.63) is 72.3 Å². The molecule has 1 aromatic heterocycles. The molecule has 0 spiro atoms. The lowest BCUT2D eigenvalue weighted by Gasteiger charge is -2.12. The summed E-state index contributed by atoms with van der Waals surface area (Å²) in [6, 6.07) is 9.47. The number of rotatable bonds is 5. The molecule has 1 atom stereocenters. The third kappa shape index (κ3) is 4.04. The number of nitrogens with one attached hydrogen (secondary N) is 1. The molecule has 0 aliphatic heterocycles. The lowest BCUT2D eigenvalue weighted by atomic mass is 10.1. The number of amides is 1. The average molecular weight is 344 g/mol. The van der Waals surface area contributed by atoms with Gasteiger partial charge in [0.2, 0.25) is 5.91 Å². The summed E-state index contributed by atoms with van der Waals surface area (Å²) in [6.07, 6.45) is 1.19. The first kappa shape index (κ1) is 16.7. The Kier molecular flexibility index (Phi) is 4.80. The molecule has 2 aromatic carbocycles. The second kappa shape index (κ2) is 7.18. The van der Waals surface area contributed by atoms with Gasteiger partial charge in [-0.25, -0.2) is 18.4 Å². The van der Waals surface area contributed by atoms with Gasteiger partial charge in [0.1, 0.15) is 24.2 Å². The van der Waals surface area contributed by atoms with Crippen molar-refractivity contribution in [1.29, 1.82) is 0 Å². The fourth-order valence-corrected chi connectivity index (χ4v) is 2.32. The third-order valence-corrected chi connectivity index (χ3v) is 3.51. The van der Waals surface area contributed by atoms with Gasteiger partial charge in [0, 0.05) is 5.69 Å². The Labute approximate surface area is 141 Å². The monoisotopic (exact) mass is 344 g/mol. The van der Waals surface area contributed by atoms with Crippen molar-refractivity contribution in [3.8, 4) is 5.69 Å². The van der Waals surface area contributed by atoms with Crippen LogP contribution in [-0.2, 0) is 4.79 Å². The first-order valence-corrected chi connectivity index (χ1v) is 7.41. The van der Waals surface area contributed by atoms with Crippen LogP contribution in [0.3, 0.4) is 0 Å². The zero-order valence-corrected chi connectivity index (χ0v) is 12.9. The molecule has 25 heavy (non-hydrogen) atoms. The van der Waals surface area contributed by atoms with Crippen LogP contribution in [0.4, 0.5) is 14.5 Å². The van der Waals surface area contributed by atoms with Gasteiger partial charge in [-0.3, -0.25) is 4.79 Å². The summed E-state index contributed by atoms with van der Waals surface area (Å²) in [5, 5.41) is 16.3. The molecule has 6 nitrogen and oxygen atoms in total. The molecule has 0 saturated heterocycles. The van der Waals surface area contributed by atoms with Crippen molar-refractivity contribution in [2.75, 3.05) is 5.32 Å². The second-order valence-corrected chi connectivity index (χ2v) is 5.33. The van der Waals surface area contributed by atoms with Crippen molar-refractivity contribution in [1.82, 2.24) is 14.8 Å². The van der Waals surface area contributed by atoms with E-state index in [2.05, 4.69) is 15.4 Å². The Morgan fingerprint density at radius 2 is 2.08 bits per heavy atom. The first-order chi connectivity index (χ1) is 12.0. The van der Waals surface area contributed by atoms with Crippen LogP contribution in [0.2, 0.25) is 0 Å². The molecule has 3 rings (SSSR count). The van der Waals surface area contributed by atoms with E-state index in [1.807, 2.05) is 0 Å². The van der Waals surface area contributed by atoms with E-state index in [1.165, 1.54) is 47.7 Å². The van der Waals surface area contributed by atoms with E-state index < -0.39 is 23.6 Å². The van der Waals surface area contributed by atoms with Crippen molar-refractivity contribution in [2.45, 2.75) is 12.5 Å². The second-order valence-electron chi connectivity index (χ2n) is 5.33. The molecule has 1 heterocycles. The maximum atomic E-state index is 14.1. The molecular formula is C17H14F2N4O2. The van der Waals surface area contributed by atoms with Gasteiger partial charge >= 0.3 is 0 Å². The number of benzene rings is 2. The number of halogens is 2. The number of aliphatic hydroxyl groups excluding tert-OH is 1. The number of carbonyl (C=O) groups excluding carboxylic acids is 1. The van der Waals surface area contributed by atoms with E-state index in [0.29, 0.717) is 5.56 Å². The lowest BCUT2D eigenvalue weighted by molar-refractivity contribution is -0.118. The molecular weight excluding hydrogens is 330 g/mol. The zero-order chi connectivity index (χ0) is 17.8. The molecule has 0 bridgehead atoms. The Bertz CT molecular complexity index is 884. The number of aromatic nitrogens is 3. The van der Waals surface area contributed by atoms with Crippen LogP contribution >= 0.6 is 0 Å². The molecule has 8 heteroatoms. The largest absolute Gasteiger partial charge is 0.388 e. The van der Waals surface area contributed by atoms with Crippen molar-refractivity contribution < 1.29 is 18.7 Å². The molecule has 0 aliphatic carbocycles. The van der Waals surface area contributed by atoms with Gasteiger partial charge < -0.3 is 10.4 Å². The van der Waals surface area contributed by atoms with Crippen molar-refractivity contribution in [3.63, 3.8) is 0 Å². The molecule has 0 aliphatic rings. The SMILES string of the molecule is O=C(CC(O)c1cccc(F)c1)Nc1ccc(-n2cncn2)c(F)c1. The summed E-state index contributed by atoms with van der Waals surface area (Å²) < 4.78 is 28.5. The molecule has 0 radical (unpaired) electrons. The van der Waals surface area contributed by atoms with Gasteiger partial charge in [-0.2, -0.15) is 5.10 Å². The third-order valence-electron chi connectivity index (χ3n) is 3.51. The van der Waals surface area contributed by atoms with Crippen LogP contribution in [0, 0.1) is 11.6 Å². The first-order valence-electron chi connectivity index (χ1n) is 7.41. The van der Waals surface area contributed by atoms with E-state index in [0.717, 1.165) is 12.1 Å². The van der Waals surface area contributed by atoms with Gasteiger partial charge in [0.25, 0.3) is 0 Å². The minimum atomic E-state index is -1.16. The molecule has 0 saturated carbocycles. The standard InChI is InChI=1S/C17H14F2N4O2/c18-12-3-1-2-11(6-12)16(24)8-17(25)22-13-4-5-15(14(19)7-13)23-10-20-9-21-23/h1-7,9-10,16,24H,8H2,(H,22,25). The van der Waals surface area contributed by atoms with Crippen LogP contribution in [-0.4, -0.2) is 25.8 Å². The van der Waals surface area contributed by atoms with E-state index in [9.17, 15) is 18.7 Å². The Balaban J connectivity index is 1.66. The molecule has 1 amide bonds. The molecule has 0 fully saturated rings. The van der Waals surface area contributed by atoms with Gasteiger partial charge in [-0.05, 0) is 35.9 Å². The van der Waals surface area contributed by atoms with Gasteiger partial charge in [-0.1, -0.05) is 12.1 Å². The summed E-state index contributed by atoms with van der Waals surface area (Å²) in [5.41, 5.74) is 0.718. The van der Waals surface area contributed by atoms with Crippen LogP contribution < -0.4 is 5.32 Å². The number of hydrogen-bond acceptors (Lipinski definition) is 4. The fraction of sp³-hybridized carbons (Fsp3) is 0.118. The van der Waals surface area contributed by atoms with Gasteiger partial charge in [0.05, 0.1) is 12.5 Å². The number of hydrogen-bond donors (Lipinski definition) is 2. The normalized spacial score (nSPS) is 12.0. The van der Waals surface area contributed by atoms with E-state index >= 15 is 0 Å². The zero-order valence-electron chi connectivity index (χ0n) is 12.9. The summed E-state index contributed by atoms with van der Waals surface area (Å²) >= 11 is 0. The fourth-order valence-electron chi connectivity index (χ4n) is 2.32. The molecule has 128 valence electrons. The number of anilines is 1. The summed E-state index contributed by atoms with van der Waals surface area (Å²) in [7, 11) is 0. The summed E-state index contributed by atoms with van der Waals surface area (Å²) in [6.45, 7) is 0. The van der Waals surface area contributed by atoms with E-state index in [1.54, 1.807) is 0 Å². The van der Waals surface area contributed by atoms with E-state index in [4.69, 9.17) is 0 Å². The summed E-state index contributed by atoms with van der Waals surface area (Å²) in [5.74, 6) is -1.61. The summed E-state index contributed by atoms with van der Waals surface area (Å²) in [4.78, 5) is 15.7. The Morgan fingerprint density at radius 3 is 2.76 bits per heavy atom. The molecule has 2 N–H and O–H groups in total. The molecule has 3 aromatic rings. The topological polar surface area (TPSA) is 80.0 Å². The minimum Gasteiger partial charge on any atom is -0.388 e. The van der Waals surface area contributed by atoms with E-state index in [-0.39, 0.29) is 17.8 Å². The van der Waals surface area contributed by atoms with Crippen LogP contribution in [0.15, 0.2) is 55.1 Å². The average Bonchev–Trinajstić information content (AvgIpc) is 3.09. The van der Waals surface area contributed by atoms with Crippen LogP contribution in [0.25, 0.3) is 5.69 Å². The predicted octanol–water partition coefficient (Wildman–Crippen LogP) is 2.61. The highest BCUT2D eigenvalue weighted by Crippen LogP contribution is 2.20. The number of carbonyl (C=O) groups is 1. The van der Waals surface area contributed by atoms with Crippen LogP contribution in [0.1, 0.15) is 18.1 Å². The van der Waals surface area contributed by atoms with Gasteiger partial charge in [-0.15, -0.1) is 0 Å². The highest BCUT2D eigenvalue weighted by Gasteiger charge is 2.15. The van der Waals surface area contributed by atoms with Crippen molar-refractivity contribution >= 4 is 11.6 Å². The number of aliphatic hydroxyl groups is 1. The molecule has 1 unspecified atom stereocenters. The maximum absolute atomic E-state index is 14.1. The smallest absolute Gasteiger partial charge is 0.227 e. The quantitative estimate of drug-likeness (QED) is 0.746. The Morgan fingerprint density at radius 1 is 1.24 bits per heavy atom. The van der Waals surface area contributed by atoms with Crippen molar-refractivity contribution in [2.24, 2.45) is 0 Å². The minimum absolute atomic E-state index is 0.190. The maximum Gasteiger partial charge on any atom is 0.227 e. The lowest BCUT2D eigenvalue weighted by Crippen LogP contribution is -2.16. The highest BCUT2D eigenvalue weighted by atomic mass is 19.1. The highest BCUT2D eigenvalue weighted by molar-refractivity contribution is 5.91. The van der Waals surface area contributed by atoms with Crippen LogP contribution in [0.5, 0.6) is 0 Å². The predicted molar refractivity (Wildman–Crippen MR) is 85.9 cm³/mol. The number of nitrogens with zero attached hydrogens (tertiary/aromatic N) is 3. The Hall–Kier alpha value is -3.13. The van der Waals surface area contributed by atoms with Gasteiger partial charge in [0.15, 0.2) is 5.82 Å².